The van der Waals surface area contributed by atoms with Crippen LogP contribution in [0, 0.1) is 0 Å². The van der Waals surface area contributed by atoms with Gasteiger partial charge in [0.15, 0.2) is 11.5 Å². The Labute approximate surface area is 167 Å². The number of unbranched alkanes of at least 4 members (excludes halogenated alkanes) is 2. The van der Waals surface area contributed by atoms with E-state index in [0.29, 0.717) is 49.7 Å². The lowest BCUT2D eigenvalue weighted by Gasteiger charge is -2.23. The van der Waals surface area contributed by atoms with Crippen LogP contribution in [0.1, 0.15) is 71.8 Å². The predicted molar refractivity (Wildman–Crippen MR) is 107 cm³/mol. The van der Waals surface area contributed by atoms with E-state index in [-0.39, 0.29) is 17.2 Å². The van der Waals surface area contributed by atoms with Crippen molar-refractivity contribution in [2.24, 2.45) is 0 Å². The largest absolute Gasteiger partial charge is 0.511 e. The molecular formula is C21H34O7. The van der Waals surface area contributed by atoms with Crippen LogP contribution in [0.3, 0.4) is 0 Å². The lowest BCUT2D eigenvalue weighted by atomic mass is 10.0. The van der Waals surface area contributed by atoms with Gasteiger partial charge in [-0.2, -0.15) is 0 Å². The van der Waals surface area contributed by atoms with Crippen LogP contribution in [-0.2, 0) is 6.42 Å². The van der Waals surface area contributed by atoms with Crippen molar-refractivity contribution in [1.29, 1.82) is 0 Å². The monoisotopic (exact) mass is 398 g/mol. The van der Waals surface area contributed by atoms with Gasteiger partial charge in [-0.1, -0.05) is 40.5 Å². The van der Waals surface area contributed by atoms with Crippen LogP contribution >= 0.6 is 0 Å². The smallest absolute Gasteiger partial charge is 0.502 e. The second-order valence-electron chi connectivity index (χ2n) is 6.51. The van der Waals surface area contributed by atoms with Crippen LogP contribution in [0.5, 0.6) is 28.7 Å². The molecule has 0 atom stereocenters. The zero-order chi connectivity index (χ0) is 20.9. The van der Waals surface area contributed by atoms with E-state index < -0.39 is 6.16 Å². The summed E-state index contributed by atoms with van der Waals surface area (Å²) in [7, 11) is 0. The van der Waals surface area contributed by atoms with Gasteiger partial charge in [-0.15, -0.1) is 0 Å². The first kappa shape index (κ1) is 23.7. The SMILES string of the molecule is CCCCCc1c(OC(=O)O)c(O)c(OCCC)c(OCCC)c1OCCC. The molecule has 0 unspecified atom stereocenters. The van der Waals surface area contributed by atoms with Crippen molar-refractivity contribution in [3.63, 3.8) is 0 Å². The summed E-state index contributed by atoms with van der Waals surface area (Å²) in [4.78, 5) is 11.3. The number of aromatic hydroxyl groups is 1. The summed E-state index contributed by atoms with van der Waals surface area (Å²) in [6, 6.07) is 0. The molecule has 7 heteroatoms. The second-order valence-corrected chi connectivity index (χ2v) is 6.51. The van der Waals surface area contributed by atoms with Gasteiger partial charge >= 0.3 is 6.16 Å². The van der Waals surface area contributed by atoms with Gasteiger partial charge in [-0.3, -0.25) is 0 Å². The van der Waals surface area contributed by atoms with Crippen molar-refractivity contribution in [3.8, 4) is 28.7 Å². The summed E-state index contributed by atoms with van der Waals surface area (Å²) >= 11 is 0. The van der Waals surface area contributed by atoms with E-state index in [2.05, 4.69) is 6.92 Å². The zero-order valence-electron chi connectivity index (χ0n) is 17.5. The maximum Gasteiger partial charge on any atom is 0.511 e. The second kappa shape index (κ2) is 13.0. The number of hydrogen-bond acceptors (Lipinski definition) is 6. The molecule has 0 saturated heterocycles. The molecule has 1 aromatic rings. The van der Waals surface area contributed by atoms with Crippen LogP contribution in [0.15, 0.2) is 0 Å². The van der Waals surface area contributed by atoms with E-state index in [4.69, 9.17) is 18.9 Å². The molecule has 160 valence electrons. The van der Waals surface area contributed by atoms with Gasteiger partial charge < -0.3 is 29.2 Å². The normalized spacial score (nSPS) is 10.6. The van der Waals surface area contributed by atoms with Crippen molar-refractivity contribution < 1.29 is 34.0 Å². The molecule has 0 aliphatic carbocycles. The first-order chi connectivity index (χ1) is 13.5. The maximum absolute atomic E-state index is 11.3. The molecule has 0 heterocycles. The minimum atomic E-state index is -1.50. The number of carbonyl (C=O) groups is 1. The molecule has 0 fully saturated rings. The Balaban J connectivity index is 3.62. The van der Waals surface area contributed by atoms with Crippen molar-refractivity contribution in [1.82, 2.24) is 0 Å². The first-order valence-corrected chi connectivity index (χ1v) is 10.2. The first-order valence-electron chi connectivity index (χ1n) is 10.2. The molecule has 0 radical (unpaired) electrons. The van der Waals surface area contributed by atoms with Crippen molar-refractivity contribution in [2.75, 3.05) is 19.8 Å². The van der Waals surface area contributed by atoms with Gasteiger partial charge in [0.25, 0.3) is 0 Å². The van der Waals surface area contributed by atoms with Gasteiger partial charge in [0.1, 0.15) is 0 Å². The molecule has 0 amide bonds. The maximum atomic E-state index is 11.3. The number of phenols is 1. The fourth-order valence-electron chi connectivity index (χ4n) is 2.70. The van der Waals surface area contributed by atoms with E-state index in [9.17, 15) is 15.0 Å². The molecule has 0 bridgehead atoms. The fourth-order valence-corrected chi connectivity index (χ4v) is 2.70. The van der Waals surface area contributed by atoms with Gasteiger partial charge in [0.2, 0.25) is 17.2 Å². The summed E-state index contributed by atoms with van der Waals surface area (Å²) in [6.45, 7) is 9.15. The third kappa shape index (κ3) is 6.69. The minimum Gasteiger partial charge on any atom is -0.502 e. The number of phenolic OH excluding ortho intramolecular Hbond substituents is 1. The van der Waals surface area contributed by atoms with Crippen molar-refractivity contribution >= 4 is 6.16 Å². The van der Waals surface area contributed by atoms with E-state index in [1.807, 2.05) is 20.8 Å². The van der Waals surface area contributed by atoms with E-state index >= 15 is 0 Å². The average Bonchev–Trinajstić information content (AvgIpc) is 2.67. The highest BCUT2D eigenvalue weighted by atomic mass is 16.7. The molecule has 0 aliphatic rings. The Morgan fingerprint density at radius 2 is 1.29 bits per heavy atom. The molecule has 0 aromatic heterocycles. The van der Waals surface area contributed by atoms with Gasteiger partial charge in [0, 0.05) is 5.56 Å². The summed E-state index contributed by atoms with van der Waals surface area (Å²) in [5.74, 6) is 0.274. The Bertz CT molecular complexity index is 614. The number of carboxylic acid groups (broad SMARTS) is 1. The fraction of sp³-hybridized carbons (Fsp3) is 0.667. The average molecular weight is 398 g/mol. The highest BCUT2D eigenvalue weighted by Crippen LogP contribution is 2.54. The molecule has 28 heavy (non-hydrogen) atoms. The lowest BCUT2D eigenvalue weighted by molar-refractivity contribution is 0.141. The topological polar surface area (TPSA) is 94.5 Å². The predicted octanol–water partition coefficient (Wildman–Crippen LogP) is 5.55. The van der Waals surface area contributed by atoms with Crippen molar-refractivity contribution in [3.05, 3.63) is 5.56 Å². The molecule has 7 nitrogen and oxygen atoms in total. The minimum absolute atomic E-state index is 0.0666. The van der Waals surface area contributed by atoms with Crippen LogP contribution in [0.2, 0.25) is 0 Å². The number of ether oxygens (including phenoxy) is 4. The number of benzene rings is 1. The number of rotatable bonds is 14. The Morgan fingerprint density at radius 3 is 1.79 bits per heavy atom. The van der Waals surface area contributed by atoms with Crippen LogP contribution < -0.4 is 18.9 Å². The summed E-state index contributed by atoms with van der Waals surface area (Å²) in [5, 5.41) is 20.0. The Hall–Kier alpha value is -2.31. The van der Waals surface area contributed by atoms with Crippen LogP contribution in [-0.4, -0.2) is 36.2 Å². The molecule has 1 rings (SSSR count). The Kier molecular flexibility index (Phi) is 11.0. The van der Waals surface area contributed by atoms with E-state index in [1.165, 1.54) is 0 Å². The van der Waals surface area contributed by atoms with Crippen LogP contribution in [0.25, 0.3) is 0 Å². The third-order valence-corrected chi connectivity index (χ3v) is 3.96. The summed E-state index contributed by atoms with van der Waals surface area (Å²) in [6.07, 6.45) is 4.00. The van der Waals surface area contributed by atoms with Crippen LogP contribution in [0.4, 0.5) is 4.79 Å². The highest BCUT2D eigenvalue weighted by Gasteiger charge is 2.30. The standard InChI is InChI=1S/C21H34O7/c1-5-9-10-11-15-17(28-21(23)24)16(22)19(26-13-7-3)20(27-14-8-4)18(15)25-12-6-2/h22H,5-14H2,1-4H3,(H,23,24). The Morgan fingerprint density at radius 1 is 0.750 bits per heavy atom. The van der Waals surface area contributed by atoms with E-state index in [1.54, 1.807) is 0 Å². The van der Waals surface area contributed by atoms with Crippen molar-refractivity contribution in [2.45, 2.75) is 72.6 Å². The molecule has 0 aliphatic heterocycles. The molecular weight excluding hydrogens is 364 g/mol. The molecule has 0 saturated carbocycles. The van der Waals surface area contributed by atoms with E-state index in [0.717, 1.165) is 32.1 Å². The van der Waals surface area contributed by atoms with Gasteiger partial charge in [0.05, 0.1) is 19.8 Å². The zero-order valence-corrected chi connectivity index (χ0v) is 17.5. The summed E-state index contributed by atoms with van der Waals surface area (Å²) < 4.78 is 22.5. The quantitative estimate of drug-likeness (QED) is 0.241. The van der Waals surface area contributed by atoms with Gasteiger partial charge in [-0.05, 0) is 32.1 Å². The highest BCUT2D eigenvalue weighted by molar-refractivity contribution is 5.73. The summed E-state index contributed by atoms with van der Waals surface area (Å²) in [5.41, 5.74) is 0.497. The number of hydrogen-bond donors (Lipinski definition) is 2. The molecule has 1 aromatic carbocycles. The molecule has 0 spiro atoms. The third-order valence-electron chi connectivity index (χ3n) is 3.96. The van der Waals surface area contributed by atoms with Gasteiger partial charge in [-0.25, -0.2) is 4.79 Å². The lowest BCUT2D eigenvalue weighted by Crippen LogP contribution is -2.12. The molecule has 2 N–H and O–H groups in total.